The molecule has 21 heavy (non-hydrogen) atoms. The average Bonchev–Trinajstić information content (AvgIpc) is 2.94. The Morgan fingerprint density at radius 2 is 2.05 bits per heavy atom. The molecule has 0 amide bonds. The molecule has 1 aromatic rings. The molecule has 2 rings (SSSR count). The second-order valence-corrected chi connectivity index (χ2v) is 7.04. The standard InChI is InChI=1S/C15H23NO4S/c1-4-19-14-8-11(2)12(3)9-15(14)21(17,18)16-10-13-6-5-7-20-13/h8-9,13,16H,4-7,10H2,1-3H3/t13-/m0/s1. The topological polar surface area (TPSA) is 64.6 Å². The van der Waals surface area contributed by atoms with Crippen molar-refractivity contribution in [1.29, 1.82) is 0 Å². The molecule has 0 spiro atoms. The van der Waals surface area contributed by atoms with Gasteiger partial charge in [0.05, 0.1) is 12.7 Å². The lowest BCUT2D eigenvalue weighted by molar-refractivity contribution is 0.114. The summed E-state index contributed by atoms with van der Waals surface area (Å²) in [6, 6.07) is 3.44. The fraction of sp³-hybridized carbons (Fsp3) is 0.600. The highest BCUT2D eigenvalue weighted by Gasteiger charge is 2.23. The first-order chi connectivity index (χ1) is 9.94. The van der Waals surface area contributed by atoms with E-state index in [1.807, 2.05) is 20.8 Å². The smallest absolute Gasteiger partial charge is 0.244 e. The minimum atomic E-state index is -3.59. The zero-order valence-corrected chi connectivity index (χ0v) is 13.6. The van der Waals surface area contributed by atoms with E-state index in [1.165, 1.54) is 0 Å². The van der Waals surface area contributed by atoms with Gasteiger partial charge in [0, 0.05) is 13.2 Å². The Balaban J connectivity index is 2.22. The van der Waals surface area contributed by atoms with Gasteiger partial charge in [0.15, 0.2) is 0 Å². The van der Waals surface area contributed by atoms with Gasteiger partial charge in [-0.15, -0.1) is 0 Å². The predicted octanol–water partition coefficient (Wildman–Crippen LogP) is 2.16. The maximum absolute atomic E-state index is 12.5. The molecule has 1 aromatic carbocycles. The second kappa shape index (κ2) is 6.77. The van der Waals surface area contributed by atoms with Crippen molar-refractivity contribution < 1.29 is 17.9 Å². The molecule has 1 aliphatic rings. The van der Waals surface area contributed by atoms with Gasteiger partial charge in [-0.1, -0.05) is 0 Å². The van der Waals surface area contributed by atoms with Crippen LogP contribution < -0.4 is 9.46 Å². The third kappa shape index (κ3) is 3.96. The van der Waals surface area contributed by atoms with E-state index in [0.29, 0.717) is 25.5 Å². The quantitative estimate of drug-likeness (QED) is 0.874. The number of aryl methyl sites for hydroxylation is 2. The number of benzene rings is 1. The highest BCUT2D eigenvalue weighted by atomic mass is 32.2. The van der Waals surface area contributed by atoms with Crippen LogP contribution in [0, 0.1) is 13.8 Å². The molecule has 1 fully saturated rings. The van der Waals surface area contributed by atoms with Crippen molar-refractivity contribution in [2.45, 2.75) is 44.6 Å². The summed E-state index contributed by atoms with van der Waals surface area (Å²) in [4.78, 5) is 0.199. The van der Waals surface area contributed by atoms with Crippen molar-refractivity contribution in [3.8, 4) is 5.75 Å². The first-order valence-corrected chi connectivity index (χ1v) is 8.77. The number of nitrogens with one attached hydrogen (secondary N) is 1. The first-order valence-electron chi connectivity index (χ1n) is 7.29. The Morgan fingerprint density at radius 1 is 1.33 bits per heavy atom. The van der Waals surface area contributed by atoms with E-state index in [9.17, 15) is 8.42 Å². The van der Waals surface area contributed by atoms with E-state index in [2.05, 4.69) is 4.72 Å². The molecular weight excluding hydrogens is 290 g/mol. The van der Waals surface area contributed by atoms with Gasteiger partial charge in [-0.2, -0.15) is 0 Å². The minimum Gasteiger partial charge on any atom is -0.492 e. The van der Waals surface area contributed by atoms with Crippen LogP contribution in [0.1, 0.15) is 30.9 Å². The van der Waals surface area contributed by atoms with E-state index in [4.69, 9.17) is 9.47 Å². The molecule has 1 aliphatic heterocycles. The Labute approximate surface area is 126 Å². The summed E-state index contributed by atoms with van der Waals surface area (Å²) in [7, 11) is -3.59. The second-order valence-electron chi connectivity index (χ2n) is 5.30. The molecule has 0 aliphatic carbocycles. The van der Waals surface area contributed by atoms with Gasteiger partial charge in [-0.25, -0.2) is 13.1 Å². The molecule has 118 valence electrons. The number of rotatable bonds is 6. The first kappa shape index (κ1) is 16.3. The SMILES string of the molecule is CCOc1cc(C)c(C)cc1S(=O)(=O)NC[C@@H]1CCCO1. The molecule has 1 heterocycles. The predicted molar refractivity (Wildman–Crippen MR) is 81.2 cm³/mol. The number of ether oxygens (including phenoxy) is 2. The number of sulfonamides is 1. The Hall–Kier alpha value is -1.11. The van der Waals surface area contributed by atoms with E-state index >= 15 is 0 Å². The van der Waals surface area contributed by atoms with Crippen molar-refractivity contribution in [3.63, 3.8) is 0 Å². The van der Waals surface area contributed by atoms with Crippen LogP contribution in [0.15, 0.2) is 17.0 Å². The summed E-state index contributed by atoms with van der Waals surface area (Å²) in [6.45, 7) is 7.11. The van der Waals surface area contributed by atoms with Crippen LogP contribution in [0.3, 0.4) is 0 Å². The summed E-state index contributed by atoms with van der Waals surface area (Å²) >= 11 is 0. The number of hydrogen-bond acceptors (Lipinski definition) is 4. The molecule has 0 aromatic heterocycles. The van der Waals surface area contributed by atoms with Crippen LogP contribution in [0.5, 0.6) is 5.75 Å². The fourth-order valence-electron chi connectivity index (χ4n) is 2.33. The Bertz CT molecular complexity index is 592. The van der Waals surface area contributed by atoms with Crippen LogP contribution >= 0.6 is 0 Å². The lowest BCUT2D eigenvalue weighted by Crippen LogP contribution is -2.32. The van der Waals surface area contributed by atoms with Crippen LogP contribution in [-0.4, -0.2) is 34.3 Å². The lowest BCUT2D eigenvalue weighted by atomic mass is 10.1. The zero-order valence-electron chi connectivity index (χ0n) is 12.8. The van der Waals surface area contributed by atoms with Crippen LogP contribution in [0.2, 0.25) is 0 Å². The molecular formula is C15H23NO4S. The molecule has 0 unspecified atom stereocenters. The van der Waals surface area contributed by atoms with Crippen LogP contribution in [0.4, 0.5) is 0 Å². The van der Waals surface area contributed by atoms with E-state index in [-0.39, 0.29) is 11.0 Å². The van der Waals surface area contributed by atoms with E-state index in [1.54, 1.807) is 12.1 Å². The zero-order chi connectivity index (χ0) is 15.5. The Morgan fingerprint density at radius 3 is 2.67 bits per heavy atom. The highest BCUT2D eigenvalue weighted by molar-refractivity contribution is 7.89. The third-order valence-electron chi connectivity index (χ3n) is 3.67. The van der Waals surface area contributed by atoms with Crippen LogP contribution in [0.25, 0.3) is 0 Å². The van der Waals surface area contributed by atoms with Gasteiger partial charge in [0.25, 0.3) is 0 Å². The minimum absolute atomic E-state index is 0.0261. The summed E-state index contributed by atoms with van der Waals surface area (Å²) in [5.74, 6) is 0.403. The maximum atomic E-state index is 12.5. The monoisotopic (exact) mass is 313 g/mol. The van der Waals surface area contributed by atoms with E-state index in [0.717, 1.165) is 24.0 Å². The molecule has 6 heteroatoms. The highest BCUT2D eigenvalue weighted by Crippen LogP contribution is 2.27. The molecule has 0 saturated carbocycles. The van der Waals surface area contributed by atoms with Gasteiger partial charge < -0.3 is 9.47 Å². The van der Waals surface area contributed by atoms with E-state index < -0.39 is 10.0 Å². The van der Waals surface area contributed by atoms with Gasteiger partial charge in [-0.05, 0) is 56.9 Å². The molecule has 1 atom stereocenters. The lowest BCUT2D eigenvalue weighted by Gasteiger charge is -2.16. The summed E-state index contributed by atoms with van der Waals surface area (Å²) in [6.07, 6.45) is 1.86. The summed E-state index contributed by atoms with van der Waals surface area (Å²) in [5, 5.41) is 0. The average molecular weight is 313 g/mol. The molecule has 1 N–H and O–H groups in total. The fourth-order valence-corrected chi connectivity index (χ4v) is 3.60. The van der Waals surface area contributed by atoms with Gasteiger partial charge in [0.2, 0.25) is 10.0 Å². The molecule has 5 nitrogen and oxygen atoms in total. The van der Waals surface area contributed by atoms with Crippen LogP contribution in [-0.2, 0) is 14.8 Å². The van der Waals surface area contributed by atoms with Gasteiger partial charge in [0.1, 0.15) is 10.6 Å². The van der Waals surface area contributed by atoms with Crippen molar-refractivity contribution >= 4 is 10.0 Å². The summed E-state index contributed by atoms with van der Waals surface area (Å²) in [5.41, 5.74) is 1.94. The molecule has 1 saturated heterocycles. The third-order valence-corrected chi connectivity index (χ3v) is 5.12. The maximum Gasteiger partial charge on any atom is 0.244 e. The largest absolute Gasteiger partial charge is 0.492 e. The Kier molecular flexibility index (Phi) is 5.24. The summed E-state index contributed by atoms with van der Waals surface area (Å²) < 4.78 is 38.6. The molecule has 0 radical (unpaired) electrons. The van der Waals surface area contributed by atoms with Crippen molar-refractivity contribution in [3.05, 3.63) is 23.3 Å². The molecule has 0 bridgehead atoms. The van der Waals surface area contributed by atoms with Crippen molar-refractivity contribution in [2.24, 2.45) is 0 Å². The normalized spacial score (nSPS) is 18.9. The van der Waals surface area contributed by atoms with Crippen molar-refractivity contribution in [2.75, 3.05) is 19.8 Å². The number of hydrogen-bond donors (Lipinski definition) is 1. The van der Waals surface area contributed by atoms with Gasteiger partial charge in [-0.3, -0.25) is 0 Å². The van der Waals surface area contributed by atoms with Gasteiger partial charge >= 0.3 is 0 Å². The van der Waals surface area contributed by atoms with Crippen molar-refractivity contribution in [1.82, 2.24) is 4.72 Å².